The maximum Gasteiger partial charge on any atom is 0.339 e. The van der Waals surface area contributed by atoms with Crippen molar-refractivity contribution in [2.24, 2.45) is 0 Å². The minimum Gasteiger partial charge on any atom is -0.465 e. The van der Waals surface area contributed by atoms with Crippen molar-refractivity contribution in [1.82, 2.24) is 4.98 Å². The molecule has 0 radical (unpaired) electrons. The number of rotatable bonds is 3. The molecule has 0 aliphatic heterocycles. The molecule has 0 bridgehead atoms. The van der Waals surface area contributed by atoms with Crippen LogP contribution in [0.25, 0.3) is 12.2 Å². The van der Waals surface area contributed by atoms with Gasteiger partial charge < -0.3 is 4.74 Å². The van der Waals surface area contributed by atoms with Gasteiger partial charge in [-0.15, -0.1) is 0 Å². The van der Waals surface area contributed by atoms with Crippen LogP contribution in [0.15, 0.2) is 30.5 Å². The number of nitrogens with zero attached hydrogens (tertiary/aromatic N) is 1. The summed E-state index contributed by atoms with van der Waals surface area (Å²) in [5.41, 5.74) is 7.14. The zero-order valence-corrected chi connectivity index (χ0v) is 17.2. The number of hydrogen-bond donors (Lipinski definition) is 0. The number of benzene rings is 1. The van der Waals surface area contributed by atoms with Crippen molar-refractivity contribution in [2.75, 3.05) is 7.11 Å². The second-order valence-corrected chi connectivity index (χ2v) is 8.82. The van der Waals surface area contributed by atoms with Gasteiger partial charge >= 0.3 is 5.97 Å². The lowest BCUT2D eigenvalue weighted by Gasteiger charge is -2.42. The van der Waals surface area contributed by atoms with Crippen molar-refractivity contribution in [3.05, 3.63) is 64.0 Å². The molecule has 1 aliphatic carbocycles. The lowest BCUT2D eigenvalue weighted by Crippen LogP contribution is -2.34. The predicted octanol–water partition coefficient (Wildman–Crippen LogP) is 5.70. The van der Waals surface area contributed by atoms with E-state index in [4.69, 9.17) is 4.74 Å². The summed E-state index contributed by atoms with van der Waals surface area (Å²) in [7, 11) is 1.37. The van der Waals surface area contributed by atoms with Crippen molar-refractivity contribution >= 4 is 18.1 Å². The summed E-state index contributed by atoms with van der Waals surface area (Å²) in [6.07, 6.45) is 8.09. The Morgan fingerprint density at radius 3 is 2.22 bits per heavy atom. The van der Waals surface area contributed by atoms with Crippen LogP contribution < -0.4 is 0 Å². The van der Waals surface area contributed by atoms with E-state index in [1.807, 2.05) is 12.1 Å². The lowest BCUT2D eigenvalue weighted by molar-refractivity contribution is 0.0600. The number of aromatic nitrogens is 1. The highest BCUT2D eigenvalue weighted by Crippen LogP contribution is 2.46. The van der Waals surface area contributed by atoms with Crippen LogP contribution in [-0.4, -0.2) is 18.1 Å². The van der Waals surface area contributed by atoms with Crippen LogP contribution in [0.4, 0.5) is 0 Å². The quantitative estimate of drug-likeness (QED) is 0.657. The Morgan fingerprint density at radius 2 is 1.67 bits per heavy atom. The van der Waals surface area contributed by atoms with Crippen LogP contribution in [0.1, 0.15) is 78.8 Å². The lowest BCUT2D eigenvalue weighted by atomic mass is 9.62. The third-order valence-corrected chi connectivity index (χ3v) is 5.88. The van der Waals surface area contributed by atoms with Gasteiger partial charge in [-0.05, 0) is 71.1 Å². The van der Waals surface area contributed by atoms with Crippen LogP contribution in [0, 0.1) is 6.92 Å². The average Bonchev–Trinajstić information content (AvgIpc) is 2.64. The number of carbonyl (C=O) groups excluding carboxylic acids is 1. The Morgan fingerprint density at radius 1 is 1.04 bits per heavy atom. The van der Waals surface area contributed by atoms with Gasteiger partial charge in [-0.2, -0.15) is 0 Å². The Kier molecular flexibility index (Phi) is 4.98. The fourth-order valence-corrected chi connectivity index (χ4v) is 3.84. The van der Waals surface area contributed by atoms with Crippen molar-refractivity contribution in [3.8, 4) is 0 Å². The van der Waals surface area contributed by atoms with Gasteiger partial charge in [0.2, 0.25) is 0 Å². The van der Waals surface area contributed by atoms with E-state index in [0.717, 1.165) is 5.69 Å². The summed E-state index contributed by atoms with van der Waals surface area (Å²) in [5, 5.41) is 0. The molecule has 0 fully saturated rings. The molecule has 0 amide bonds. The van der Waals surface area contributed by atoms with Gasteiger partial charge in [0.15, 0.2) is 0 Å². The average molecular weight is 364 g/mol. The molecular formula is C24H29NO2. The first-order valence-corrected chi connectivity index (χ1v) is 9.52. The normalized spacial score (nSPS) is 17.6. The molecule has 0 unspecified atom stereocenters. The van der Waals surface area contributed by atoms with Crippen LogP contribution in [0.5, 0.6) is 0 Å². The molecule has 3 nitrogen and oxygen atoms in total. The van der Waals surface area contributed by atoms with Crippen LogP contribution >= 0.6 is 0 Å². The molecular weight excluding hydrogens is 334 g/mol. The van der Waals surface area contributed by atoms with Crippen molar-refractivity contribution in [1.29, 1.82) is 0 Å². The summed E-state index contributed by atoms with van der Waals surface area (Å²) in [4.78, 5) is 15.9. The SMILES string of the molecule is COC(=O)c1ccc(C=Cc2cc3c(cc2C)C(C)(C)CCC3(C)C)nc1. The number of pyridine rings is 1. The van der Waals surface area contributed by atoms with E-state index in [1.54, 1.807) is 12.3 Å². The van der Waals surface area contributed by atoms with Gasteiger partial charge in [0.05, 0.1) is 18.4 Å². The zero-order chi connectivity index (χ0) is 19.8. The third-order valence-electron chi connectivity index (χ3n) is 5.88. The molecule has 0 saturated heterocycles. The fraction of sp³-hybridized carbons (Fsp3) is 0.417. The van der Waals surface area contributed by atoms with Crippen LogP contribution in [0.2, 0.25) is 0 Å². The summed E-state index contributed by atoms with van der Waals surface area (Å²) >= 11 is 0. The molecule has 1 aliphatic rings. The molecule has 142 valence electrons. The summed E-state index contributed by atoms with van der Waals surface area (Å²) < 4.78 is 4.71. The van der Waals surface area contributed by atoms with E-state index in [1.165, 1.54) is 42.2 Å². The number of methoxy groups -OCH3 is 1. The Hall–Kier alpha value is -2.42. The molecule has 2 aromatic rings. The van der Waals surface area contributed by atoms with Gasteiger partial charge in [-0.1, -0.05) is 45.9 Å². The van der Waals surface area contributed by atoms with Crippen LogP contribution in [-0.2, 0) is 15.6 Å². The number of aryl methyl sites for hydroxylation is 1. The molecule has 0 saturated carbocycles. The first kappa shape index (κ1) is 19.3. The van der Waals surface area contributed by atoms with E-state index in [0.29, 0.717) is 5.56 Å². The van der Waals surface area contributed by atoms with E-state index in [2.05, 4.69) is 57.8 Å². The number of hydrogen-bond acceptors (Lipinski definition) is 3. The second kappa shape index (κ2) is 6.95. The summed E-state index contributed by atoms with van der Waals surface area (Å²) in [6, 6.07) is 8.29. The second-order valence-electron chi connectivity index (χ2n) is 8.82. The van der Waals surface area contributed by atoms with Gasteiger partial charge in [-0.25, -0.2) is 4.79 Å². The molecule has 0 N–H and O–H groups in total. The number of esters is 1. The molecule has 27 heavy (non-hydrogen) atoms. The molecule has 1 aromatic heterocycles. The molecule has 1 heterocycles. The van der Waals surface area contributed by atoms with Crippen molar-refractivity contribution < 1.29 is 9.53 Å². The maximum atomic E-state index is 11.5. The highest BCUT2D eigenvalue weighted by molar-refractivity contribution is 5.89. The fourth-order valence-electron chi connectivity index (χ4n) is 3.84. The van der Waals surface area contributed by atoms with Crippen LogP contribution in [0.3, 0.4) is 0 Å². The van der Waals surface area contributed by atoms with Gasteiger partial charge in [0.1, 0.15) is 0 Å². The minimum atomic E-state index is -0.367. The van der Waals surface area contributed by atoms with Crippen molar-refractivity contribution in [2.45, 2.75) is 58.3 Å². The Labute approximate surface area is 162 Å². The molecule has 0 atom stereocenters. The largest absolute Gasteiger partial charge is 0.465 e. The minimum absolute atomic E-state index is 0.196. The predicted molar refractivity (Wildman–Crippen MR) is 111 cm³/mol. The highest BCUT2D eigenvalue weighted by atomic mass is 16.5. The molecule has 0 spiro atoms. The molecule has 3 heteroatoms. The Balaban J connectivity index is 1.94. The topological polar surface area (TPSA) is 39.2 Å². The van der Waals surface area contributed by atoms with Gasteiger partial charge in [-0.3, -0.25) is 4.98 Å². The standard InChI is InChI=1S/C24H29NO2/c1-16-13-20-21(24(4,5)12-11-23(20,2)3)14-17(16)7-9-19-10-8-18(15-25-19)22(26)27-6/h7-10,13-15H,11-12H2,1-6H3. The van der Waals surface area contributed by atoms with E-state index >= 15 is 0 Å². The molecule has 3 rings (SSSR count). The van der Waals surface area contributed by atoms with E-state index in [-0.39, 0.29) is 16.8 Å². The smallest absolute Gasteiger partial charge is 0.339 e. The van der Waals surface area contributed by atoms with E-state index < -0.39 is 0 Å². The number of ether oxygens (including phenoxy) is 1. The number of fused-ring (bicyclic) bond motifs is 1. The van der Waals surface area contributed by atoms with Gasteiger partial charge in [0.25, 0.3) is 0 Å². The third kappa shape index (κ3) is 3.83. The Bertz CT molecular complexity index is 889. The van der Waals surface area contributed by atoms with Crippen molar-refractivity contribution in [3.63, 3.8) is 0 Å². The summed E-state index contributed by atoms with van der Waals surface area (Å²) in [6.45, 7) is 11.6. The zero-order valence-electron chi connectivity index (χ0n) is 17.2. The molecule has 1 aromatic carbocycles. The van der Waals surface area contributed by atoms with Gasteiger partial charge in [0, 0.05) is 6.20 Å². The highest BCUT2D eigenvalue weighted by Gasteiger charge is 2.37. The summed E-state index contributed by atoms with van der Waals surface area (Å²) in [5.74, 6) is -0.367. The first-order valence-electron chi connectivity index (χ1n) is 9.52. The van der Waals surface area contributed by atoms with E-state index in [9.17, 15) is 4.79 Å². The first-order chi connectivity index (χ1) is 12.6. The maximum absolute atomic E-state index is 11.5. The monoisotopic (exact) mass is 363 g/mol. The number of carbonyl (C=O) groups is 1.